The van der Waals surface area contributed by atoms with Crippen LogP contribution in [-0.4, -0.2) is 17.2 Å². The molecule has 3 nitrogen and oxygen atoms in total. The van der Waals surface area contributed by atoms with Gasteiger partial charge in [-0.3, -0.25) is 0 Å². The highest BCUT2D eigenvalue weighted by molar-refractivity contribution is 7.12. The van der Waals surface area contributed by atoms with Crippen LogP contribution >= 0.6 is 11.3 Å². The van der Waals surface area contributed by atoms with Crippen LogP contribution in [0.5, 0.6) is 11.6 Å². The van der Waals surface area contributed by atoms with Gasteiger partial charge in [-0.25, -0.2) is 4.98 Å². The van der Waals surface area contributed by atoms with E-state index in [0.717, 1.165) is 27.4 Å². The molecular weight excluding hydrogens is 414 g/mol. The van der Waals surface area contributed by atoms with Gasteiger partial charge in [0.05, 0.1) is 12.0 Å². The maximum atomic E-state index is 10.6. The van der Waals surface area contributed by atoms with Crippen molar-refractivity contribution in [2.24, 2.45) is 5.92 Å². The minimum Gasteiger partial charge on any atom is -0.497 e. The molecule has 4 aromatic rings. The van der Waals surface area contributed by atoms with E-state index in [1.165, 1.54) is 22.1 Å². The molecule has 4 rings (SSSR count). The number of methoxy groups -OCH3 is 1. The summed E-state index contributed by atoms with van der Waals surface area (Å²) < 4.78 is 5.33. The number of hydrogen-bond donors (Lipinski definition) is 1. The molecule has 0 saturated carbocycles. The lowest BCUT2D eigenvalue weighted by Crippen LogP contribution is -1.97. The van der Waals surface area contributed by atoms with Crippen LogP contribution in [0.3, 0.4) is 0 Å². The lowest BCUT2D eigenvalue weighted by Gasteiger charge is -2.12. The van der Waals surface area contributed by atoms with Gasteiger partial charge < -0.3 is 9.84 Å². The van der Waals surface area contributed by atoms with Crippen molar-refractivity contribution in [3.63, 3.8) is 0 Å². The third-order valence-corrected chi connectivity index (χ3v) is 7.52. The first-order chi connectivity index (χ1) is 15.4. The van der Waals surface area contributed by atoms with Gasteiger partial charge in [0.2, 0.25) is 5.88 Å². The molecule has 0 aliphatic carbocycles. The molecule has 1 N–H and O–H groups in total. The van der Waals surface area contributed by atoms with Gasteiger partial charge in [-0.1, -0.05) is 76.2 Å². The number of hydrogen-bond acceptors (Lipinski definition) is 4. The summed E-state index contributed by atoms with van der Waals surface area (Å²) in [4.78, 5) is 5.48. The Labute approximate surface area is 194 Å². The zero-order chi connectivity index (χ0) is 22.8. The molecule has 0 bridgehead atoms. The minimum absolute atomic E-state index is 0.102. The van der Waals surface area contributed by atoms with E-state index in [-0.39, 0.29) is 17.7 Å². The van der Waals surface area contributed by atoms with E-state index in [9.17, 15) is 5.11 Å². The van der Waals surface area contributed by atoms with E-state index in [1.807, 2.05) is 12.1 Å². The number of aromatic hydroxyl groups is 1. The molecule has 1 aromatic heterocycles. The van der Waals surface area contributed by atoms with Gasteiger partial charge in [0.25, 0.3) is 0 Å². The summed E-state index contributed by atoms with van der Waals surface area (Å²) in [5.74, 6) is 1.86. The van der Waals surface area contributed by atoms with E-state index in [1.54, 1.807) is 18.4 Å². The molecule has 166 valence electrons. The Bertz CT molecular complexity index is 1210. The van der Waals surface area contributed by atoms with Crippen LogP contribution in [0.15, 0.2) is 60.7 Å². The summed E-state index contributed by atoms with van der Waals surface area (Å²) in [6, 6.07) is 21.4. The summed E-state index contributed by atoms with van der Waals surface area (Å²) in [6.07, 6.45) is 1.08. The van der Waals surface area contributed by atoms with Crippen LogP contribution in [0.2, 0.25) is 0 Å². The monoisotopic (exact) mass is 445 g/mol. The third-order valence-electron chi connectivity index (χ3n) is 6.11. The van der Waals surface area contributed by atoms with E-state index < -0.39 is 0 Å². The van der Waals surface area contributed by atoms with Crippen molar-refractivity contribution in [2.75, 3.05) is 7.11 Å². The molecule has 2 unspecified atom stereocenters. The number of benzene rings is 3. The maximum Gasteiger partial charge on any atom is 0.226 e. The van der Waals surface area contributed by atoms with Gasteiger partial charge in [0.1, 0.15) is 10.8 Å². The smallest absolute Gasteiger partial charge is 0.226 e. The Morgan fingerprint density at radius 3 is 2.19 bits per heavy atom. The molecular formula is C28H31NO2S. The zero-order valence-electron chi connectivity index (χ0n) is 19.4. The van der Waals surface area contributed by atoms with Gasteiger partial charge in [0.15, 0.2) is 0 Å². The van der Waals surface area contributed by atoms with Gasteiger partial charge >= 0.3 is 0 Å². The number of ether oxygens (including phenoxy) is 1. The maximum absolute atomic E-state index is 10.6. The molecule has 0 radical (unpaired) electrons. The van der Waals surface area contributed by atoms with Gasteiger partial charge in [0, 0.05) is 11.8 Å². The largest absolute Gasteiger partial charge is 0.497 e. The first-order valence-corrected chi connectivity index (χ1v) is 12.0. The zero-order valence-corrected chi connectivity index (χ0v) is 20.2. The highest BCUT2D eigenvalue weighted by Gasteiger charge is 2.22. The quantitative estimate of drug-likeness (QED) is 0.320. The Kier molecular flexibility index (Phi) is 6.52. The van der Waals surface area contributed by atoms with Gasteiger partial charge in [-0.15, -0.1) is 11.3 Å². The summed E-state index contributed by atoms with van der Waals surface area (Å²) in [5, 5.41) is 13.9. The highest BCUT2D eigenvalue weighted by atomic mass is 32.1. The lowest BCUT2D eigenvalue weighted by atomic mass is 9.96. The fourth-order valence-electron chi connectivity index (χ4n) is 4.15. The van der Waals surface area contributed by atoms with Crippen molar-refractivity contribution >= 4 is 22.1 Å². The first kappa shape index (κ1) is 22.3. The number of aromatic nitrogens is 1. The van der Waals surface area contributed by atoms with Crippen molar-refractivity contribution in [1.82, 2.24) is 4.98 Å². The van der Waals surface area contributed by atoms with Crippen molar-refractivity contribution in [3.8, 4) is 11.6 Å². The summed E-state index contributed by atoms with van der Waals surface area (Å²) in [5.41, 5.74) is 3.75. The second-order valence-corrected chi connectivity index (χ2v) is 10.1. The van der Waals surface area contributed by atoms with Crippen LogP contribution in [0, 0.1) is 5.92 Å². The Balaban J connectivity index is 1.57. The Morgan fingerprint density at radius 1 is 0.844 bits per heavy atom. The van der Waals surface area contributed by atoms with Gasteiger partial charge in [-0.05, 0) is 51.9 Å². The molecule has 32 heavy (non-hydrogen) atoms. The second kappa shape index (κ2) is 9.33. The predicted molar refractivity (Wildman–Crippen MR) is 134 cm³/mol. The van der Waals surface area contributed by atoms with Crippen LogP contribution in [0.4, 0.5) is 0 Å². The van der Waals surface area contributed by atoms with E-state index >= 15 is 0 Å². The van der Waals surface area contributed by atoms with Crippen molar-refractivity contribution in [2.45, 2.75) is 46.0 Å². The van der Waals surface area contributed by atoms with E-state index in [4.69, 9.17) is 4.74 Å². The summed E-state index contributed by atoms with van der Waals surface area (Å²) in [7, 11) is 1.69. The topological polar surface area (TPSA) is 42.4 Å². The molecule has 3 aromatic carbocycles. The average molecular weight is 446 g/mol. The molecule has 0 amide bonds. The van der Waals surface area contributed by atoms with Crippen molar-refractivity contribution in [1.29, 1.82) is 0 Å². The normalized spacial score (nSPS) is 13.4. The molecule has 0 aliphatic heterocycles. The van der Waals surface area contributed by atoms with Crippen LogP contribution in [0.25, 0.3) is 10.8 Å². The summed E-state index contributed by atoms with van der Waals surface area (Å²) >= 11 is 1.61. The molecule has 2 atom stereocenters. The summed E-state index contributed by atoms with van der Waals surface area (Å²) in [6.45, 7) is 8.77. The number of thiazole rings is 1. The SMILES string of the molecule is COc1ccc2cc(C(C)c3nc(O)c(C(C)c4ccc(CC(C)C)cc4)s3)ccc2c1. The van der Waals surface area contributed by atoms with E-state index in [0.29, 0.717) is 5.92 Å². The predicted octanol–water partition coefficient (Wildman–Crippen LogP) is 7.51. The minimum atomic E-state index is 0.102. The molecule has 0 fully saturated rings. The fourth-order valence-corrected chi connectivity index (χ4v) is 5.27. The van der Waals surface area contributed by atoms with Gasteiger partial charge in [-0.2, -0.15) is 0 Å². The molecule has 0 saturated heterocycles. The van der Waals surface area contributed by atoms with Crippen molar-refractivity contribution in [3.05, 3.63) is 87.2 Å². The fraction of sp³-hybridized carbons (Fsp3) is 0.321. The standard InChI is InChI=1S/C28H31NO2S/c1-17(2)14-20-6-8-21(9-7-20)18(3)26-27(30)29-28(32-26)19(4)22-10-11-24-16-25(31-5)13-12-23(24)15-22/h6-13,15-19,30H,14H2,1-5H3. The number of fused-ring (bicyclic) bond motifs is 1. The Hall–Kier alpha value is -2.85. The third kappa shape index (κ3) is 4.66. The lowest BCUT2D eigenvalue weighted by molar-refractivity contribution is 0.415. The molecule has 4 heteroatoms. The molecule has 0 spiro atoms. The van der Waals surface area contributed by atoms with Crippen LogP contribution in [0.1, 0.15) is 66.1 Å². The highest BCUT2D eigenvalue weighted by Crippen LogP contribution is 2.40. The second-order valence-electron chi connectivity index (χ2n) is 9.00. The van der Waals surface area contributed by atoms with E-state index in [2.05, 4.69) is 81.2 Å². The Morgan fingerprint density at radius 2 is 1.50 bits per heavy atom. The van der Waals surface area contributed by atoms with Crippen molar-refractivity contribution < 1.29 is 9.84 Å². The first-order valence-electron chi connectivity index (χ1n) is 11.2. The van der Waals surface area contributed by atoms with Crippen LogP contribution in [-0.2, 0) is 6.42 Å². The average Bonchev–Trinajstić information content (AvgIpc) is 3.19. The molecule has 0 aliphatic rings. The van der Waals surface area contributed by atoms with Crippen LogP contribution < -0.4 is 4.74 Å². The number of rotatable bonds is 7. The number of nitrogens with zero attached hydrogens (tertiary/aromatic N) is 1. The molecule has 1 heterocycles.